The highest BCUT2D eigenvalue weighted by Crippen LogP contribution is 2.24. The lowest BCUT2D eigenvalue weighted by atomic mass is 10.2. The van der Waals surface area contributed by atoms with Gasteiger partial charge in [0, 0.05) is 36.1 Å². The van der Waals surface area contributed by atoms with Gasteiger partial charge >= 0.3 is 0 Å². The maximum atomic E-state index is 5.99. The van der Waals surface area contributed by atoms with Crippen LogP contribution in [0.5, 0.6) is 5.75 Å². The van der Waals surface area contributed by atoms with Gasteiger partial charge in [-0.1, -0.05) is 42.5 Å². The number of benzene rings is 2. The average molecular weight is 409 g/mol. The Labute approximate surface area is 174 Å². The lowest BCUT2D eigenvalue weighted by Crippen LogP contribution is -2.38. The van der Waals surface area contributed by atoms with Crippen LogP contribution in [-0.4, -0.2) is 55.6 Å². The Bertz CT molecular complexity index is 923. The number of nitrogens with zero attached hydrogens (tertiary/aromatic N) is 3. The SMILES string of the molecule is C(=NNc1nc(-c2ccccc2)cs1)c1ccccc1OCCN1CCOCC1. The zero-order chi connectivity index (χ0) is 19.7. The summed E-state index contributed by atoms with van der Waals surface area (Å²) in [7, 11) is 0. The van der Waals surface area contributed by atoms with E-state index in [2.05, 4.69) is 20.4 Å². The lowest BCUT2D eigenvalue weighted by Gasteiger charge is -2.26. The predicted octanol–water partition coefficient (Wildman–Crippen LogP) is 3.97. The summed E-state index contributed by atoms with van der Waals surface area (Å²) in [4.78, 5) is 6.94. The second-order valence-electron chi connectivity index (χ2n) is 6.61. The molecule has 1 saturated heterocycles. The van der Waals surface area contributed by atoms with E-state index in [9.17, 15) is 0 Å². The van der Waals surface area contributed by atoms with Crippen molar-refractivity contribution >= 4 is 22.7 Å². The fraction of sp³-hybridized carbons (Fsp3) is 0.273. The molecule has 150 valence electrons. The molecule has 1 aliphatic heterocycles. The number of hydrogen-bond donors (Lipinski definition) is 1. The molecule has 0 aliphatic carbocycles. The zero-order valence-corrected chi connectivity index (χ0v) is 17.0. The zero-order valence-electron chi connectivity index (χ0n) is 16.2. The normalized spacial score (nSPS) is 14.9. The van der Waals surface area contributed by atoms with Crippen LogP contribution in [0.3, 0.4) is 0 Å². The fourth-order valence-corrected chi connectivity index (χ4v) is 3.72. The van der Waals surface area contributed by atoms with Crippen molar-refractivity contribution in [3.05, 3.63) is 65.5 Å². The van der Waals surface area contributed by atoms with E-state index in [1.54, 1.807) is 6.21 Å². The Morgan fingerprint density at radius 3 is 2.76 bits per heavy atom. The van der Waals surface area contributed by atoms with Gasteiger partial charge in [-0.25, -0.2) is 4.98 Å². The van der Waals surface area contributed by atoms with E-state index in [0.717, 1.165) is 60.5 Å². The molecule has 1 aromatic heterocycles. The highest BCUT2D eigenvalue weighted by atomic mass is 32.1. The standard InChI is InChI=1S/C22H24N4O2S/c1-2-6-18(7-3-1)20-17-29-22(24-20)25-23-16-19-8-4-5-9-21(19)28-15-12-26-10-13-27-14-11-26/h1-9,16-17H,10-15H2,(H,24,25). The molecule has 29 heavy (non-hydrogen) atoms. The Morgan fingerprint density at radius 2 is 1.90 bits per heavy atom. The number of rotatable bonds is 8. The minimum absolute atomic E-state index is 0.644. The fourth-order valence-electron chi connectivity index (χ4n) is 3.05. The molecule has 1 aliphatic rings. The van der Waals surface area contributed by atoms with Crippen molar-refractivity contribution in [2.24, 2.45) is 5.10 Å². The molecule has 3 aromatic rings. The highest BCUT2D eigenvalue weighted by molar-refractivity contribution is 7.14. The van der Waals surface area contributed by atoms with Gasteiger partial charge in [0.05, 0.1) is 25.1 Å². The molecular weight excluding hydrogens is 384 g/mol. The maximum Gasteiger partial charge on any atom is 0.203 e. The first kappa shape index (κ1) is 19.6. The number of hydrazone groups is 1. The van der Waals surface area contributed by atoms with E-state index >= 15 is 0 Å². The van der Waals surface area contributed by atoms with Crippen LogP contribution in [-0.2, 0) is 4.74 Å². The van der Waals surface area contributed by atoms with Crippen LogP contribution in [0.4, 0.5) is 5.13 Å². The summed E-state index contributed by atoms with van der Waals surface area (Å²) in [6.45, 7) is 5.08. The monoisotopic (exact) mass is 408 g/mol. The van der Waals surface area contributed by atoms with Gasteiger partial charge in [0.15, 0.2) is 0 Å². The largest absolute Gasteiger partial charge is 0.492 e. The summed E-state index contributed by atoms with van der Waals surface area (Å²) in [6.07, 6.45) is 1.77. The van der Waals surface area contributed by atoms with Gasteiger partial charge in [-0.3, -0.25) is 10.3 Å². The molecule has 2 heterocycles. The molecule has 7 heteroatoms. The number of hydrogen-bond acceptors (Lipinski definition) is 7. The van der Waals surface area contributed by atoms with Gasteiger partial charge in [-0.2, -0.15) is 5.10 Å². The summed E-state index contributed by atoms with van der Waals surface area (Å²) in [5, 5.41) is 7.12. The smallest absolute Gasteiger partial charge is 0.203 e. The predicted molar refractivity (Wildman–Crippen MR) is 118 cm³/mol. The molecule has 0 spiro atoms. The molecule has 2 aromatic carbocycles. The highest BCUT2D eigenvalue weighted by Gasteiger charge is 2.10. The summed E-state index contributed by atoms with van der Waals surface area (Å²) >= 11 is 1.53. The Morgan fingerprint density at radius 1 is 1.10 bits per heavy atom. The van der Waals surface area contributed by atoms with Crippen molar-refractivity contribution in [3.63, 3.8) is 0 Å². The average Bonchev–Trinajstić information content (AvgIpc) is 3.25. The summed E-state index contributed by atoms with van der Waals surface area (Å²) in [6, 6.07) is 18.0. The Balaban J connectivity index is 1.32. The summed E-state index contributed by atoms with van der Waals surface area (Å²) in [5.41, 5.74) is 5.99. The van der Waals surface area contributed by atoms with Crippen molar-refractivity contribution in [2.45, 2.75) is 0 Å². The van der Waals surface area contributed by atoms with Crippen LogP contribution in [0.2, 0.25) is 0 Å². The Kier molecular flexibility index (Phi) is 6.85. The van der Waals surface area contributed by atoms with Crippen molar-refractivity contribution in [2.75, 3.05) is 44.9 Å². The maximum absolute atomic E-state index is 5.99. The van der Waals surface area contributed by atoms with E-state index in [1.165, 1.54) is 11.3 Å². The van der Waals surface area contributed by atoms with Gasteiger partial charge in [0.1, 0.15) is 12.4 Å². The third-order valence-corrected chi connectivity index (χ3v) is 5.37. The molecule has 6 nitrogen and oxygen atoms in total. The number of para-hydroxylation sites is 1. The van der Waals surface area contributed by atoms with Crippen molar-refractivity contribution in [1.82, 2.24) is 9.88 Å². The summed E-state index contributed by atoms with van der Waals surface area (Å²) in [5.74, 6) is 0.829. The van der Waals surface area contributed by atoms with Crippen molar-refractivity contribution in [3.8, 4) is 17.0 Å². The number of morpholine rings is 1. The number of aromatic nitrogens is 1. The number of ether oxygens (including phenoxy) is 2. The van der Waals surface area contributed by atoms with E-state index < -0.39 is 0 Å². The minimum Gasteiger partial charge on any atom is -0.492 e. The number of thiazole rings is 1. The van der Waals surface area contributed by atoms with Gasteiger partial charge in [-0.05, 0) is 12.1 Å². The second kappa shape index (κ2) is 10.2. The molecule has 0 bridgehead atoms. The summed E-state index contributed by atoms with van der Waals surface area (Å²) < 4.78 is 11.4. The molecule has 4 rings (SSSR count). The lowest BCUT2D eigenvalue weighted by molar-refractivity contribution is 0.0322. The first-order valence-corrected chi connectivity index (χ1v) is 10.6. The van der Waals surface area contributed by atoms with E-state index in [4.69, 9.17) is 9.47 Å². The van der Waals surface area contributed by atoms with E-state index in [-0.39, 0.29) is 0 Å². The van der Waals surface area contributed by atoms with Crippen LogP contribution >= 0.6 is 11.3 Å². The second-order valence-corrected chi connectivity index (χ2v) is 7.47. The first-order chi connectivity index (χ1) is 14.4. The molecular formula is C22H24N4O2S. The topological polar surface area (TPSA) is 59.0 Å². The molecule has 0 radical (unpaired) electrons. The van der Waals surface area contributed by atoms with Crippen molar-refractivity contribution < 1.29 is 9.47 Å². The molecule has 1 N–H and O–H groups in total. The van der Waals surface area contributed by atoms with Crippen LogP contribution in [0.15, 0.2) is 65.1 Å². The molecule has 0 unspecified atom stereocenters. The first-order valence-electron chi connectivity index (χ1n) is 9.70. The molecule has 0 amide bonds. The van der Waals surface area contributed by atoms with Crippen molar-refractivity contribution in [1.29, 1.82) is 0 Å². The van der Waals surface area contributed by atoms with E-state index in [0.29, 0.717) is 6.61 Å². The number of nitrogens with one attached hydrogen (secondary N) is 1. The number of anilines is 1. The third-order valence-electron chi connectivity index (χ3n) is 4.63. The van der Waals surface area contributed by atoms with Crippen LogP contribution in [0.25, 0.3) is 11.3 Å². The van der Waals surface area contributed by atoms with E-state index in [1.807, 2.05) is 60.0 Å². The van der Waals surface area contributed by atoms with Gasteiger partial charge in [0.2, 0.25) is 5.13 Å². The quantitative estimate of drug-likeness (QED) is 0.452. The molecule has 1 fully saturated rings. The third kappa shape index (κ3) is 5.63. The van der Waals surface area contributed by atoms with Gasteiger partial charge in [-0.15, -0.1) is 11.3 Å². The van der Waals surface area contributed by atoms with Crippen LogP contribution < -0.4 is 10.2 Å². The molecule has 0 atom stereocenters. The van der Waals surface area contributed by atoms with Gasteiger partial charge in [0.25, 0.3) is 0 Å². The minimum atomic E-state index is 0.644. The Hall–Kier alpha value is -2.74. The van der Waals surface area contributed by atoms with Gasteiger partial charge < -0.3 is 9.47 Å². The van der Waals surface area contributed by atoms with Crippen LogP contribution in [0.1, 0.15) is 5.56 Å². The molecule has 0 saturated carbocycles. The van der Waals surface area contributed by atoms with Crippen LogP contribution in [0, 0.1) is 0 Å².